The Balaban J connectivity index is 1.44. The van der Waals surface area contributed by atoms with Gasteiger partial charge in [0.2, 0.25) is 0 Å². The van der Waals surface area contributed by atoms with E-state index in [1.165, 1.54) is 5.56 Å². The van der Waals surface area contributed by atoms with E-state index >= 15 is 0 Å². The van der Waals surface area contributed by atoms with E-state index in [0.29, 0.717) is 30.9 Å². The summed E-state index contributed by atoms with van der Waals surface area (Å²) in [5.74, 6) is -0.205. The van der Waals surface area contributed by atoms with Crippen LogP contribution < -0.4 is 9.47 Å². The number of nitrogens with zero attached hydrogens (tertiary/aromatic N) is 1. The number of Topliss-reactive ketones (excluding diaryl/α,β-unsaturated/α-hetero) is 2. The summed E-state index contributed by atoms with van der Waals surface area (Å²) in [5, 5.41) is 9.24. The number of carbonyl (C=O) groups is 3. The number of carbonyl (C=O) groups excluding carboxylic acids is 2. The van der Waals surface area contributed by atoms with Gasteiger partial charge in [0.1, 0.15) is 6.61 Å². The topological polar surface area (TPSA) is 93.1 Å². The smallest absolute Gasteiger partial charge is 0.335 e. The van der Waals surface area contributed by atoms with Crippen molar-refractivity contribution in [2.24, 2.45) is 10.8 Å². The third-order valence-electron chi connectivity index (χ3n) is 9.66. The number of ether oxygens (including phenoxy) is 2. The minimum atomic E-state index is -0.979. The number of halogens is 1. The zero-order chi connectivity index (χ0) is 34.4. The van der Waals surface area contributed by atoms with E-state index in [2.05, 4.69) is 79.5 Å². The first-order valence-electron chi connectivity index (χ1n) is 16.4. The Kier molecular flexibility index (Phi) is 9.32. The van der Waals surface area contributed by atoms with Gasteiger partial charge in [0.15, 0.2) is 23.1 Å². The quantitative estimate of drug-likeness (QED) is 0.219. The van der Waals surface area contributed by atoms with Crippen LogP contribution in [-0.4, -0.2) is 41.2 Å². The van der Waals surface area contributed by atoms with Gasteiger partial charge in [0, 0.05) is 47.8 Å². The number of allylic oxidation sites excluding steroid dienone is 4. The summed E-state index contributed by atoms with van der Waals surface area (Å²) in [6.45, 7) is 9.55. The highest BCUT2D eigenvalue weighted by Gasteiger charge is 2.49. The van der Waals surface area contributed by atoms with Crippen LogP contribution in [0.5, 0.6) is 11.5 Å². The van der Waals surface area contributed by atoms with Crippen LogP contribution in [0.4, 0.5) is 0 Å². The van der Waals surface area contributed by atoms with Crippen LogP contribution in [0.2, 0.25) is 0 Å². The van der Waals surface area contributed by atoms with Crippen molar-refractivity contribution in [2.45, 2.75) is 72.3 Å². The fourth-order valence-corrected chi connectivity index (χ4v) is 8.26. The normalized spacial score (nSPS) is 18.8. The molecule has 0 spiro atoms. The number of rotatable bonds is 9. The molecule has 0 atom stereocenters. The van der Waals surface area contributed by atoms with Gasteiger partial charge in [-0.3, -0.25) is 9.59 Å². The summed E-state index contributed by atoms with van der Waals surface area (Å²) in [4.78, 5) is 42.2. The number of hydrogen-bond donors (Lipinski definition) is 1. The van der Waals surface area contributed by atoms with Crippen LogP contribution in [0.1, 0.15) is 86.3 Å². The zero-order valence-corrected chi connectivity index (χ0v) is 30.3. The monoisotopic (exact) mass is 759 g/mol. The van der Waals surface area contributed by atoms with Crippen molar-refractivity contribution >= 4 is 40.1 Å². The van der Waals surface area contributed by atoms with Crippen LogP contribution in [0, 0.1) is 14.4 Å². The molecule has 0 radical (unpaired) electrons. The lowest BCUT2D eigenvalue weighted by molar-refractivity contribution is -0.119. The molecule has 3 aromatic carbocycles. The molecule has 3 aromatic rings. The first kappa shape index (κ1) is 34.0. The minimum Gasteiger partial charge on any atom is -0.493 e. The van der Waals surface area contributed by atoms with E-state index in [1.54, 1.807) is 31.4 Å². The van der Waals surface area contributed by atoms with E-state index in [-0.39, 0.29) is 34.6 Å². The van der Waals surface area contributed by atoms with Crippen molar-refractivity contribution < 1.29 is 29.0 Å². The van der Waals surface area contributed by atoms with Crippen molar-refractivity contribution in [1.29, 1.82) is 0 Å². The summed E-state index contributed by atoms with van der Waals surface area (Å²) in [6, 6.07) is 20.9. The number of aromatic carboxylic acids is 1. The number of methoxy groups -OCH3 is 1. The molecule has 0 bridgehead atoms. The molecule has 48 heavy (non-hydrogen) atoms. The molecule has 3 aliphatic rings. The summed E-state index contributed by atoms with van der Waals surface area (Å²) in [7, 11) is 1.59. The summed E-state index contributed by atoms with van der Waals surface area (Å²) >= 11 is 2.23. The second-order valence-electron chi connectivity index (χ2n) is 14.7. The van der Waals surface area contributed by atoms with Gasteiger partial charge in [0.25, 0.3) is 0 Å². The summed E-state index contributed by atoms with van der Waals surface area (Å²) < 4.78 is 12.9. The van der Waals surface area contributed by atoms with Crippen molar-refractivity contribution in [3.63, 3.8) is 0 Å². The van der Waals surface area contributed by atoms with Crippen LogP contribution in [0.25, 0.3) is 0 Å². The van der Waals surface area contributed by atoms with Gasteiger partial charge in [0.05, 0.1) is 16.2 Å². The molecule has 1 heterocycles. The standard InChI is InChI=1S/C40H42INO6/c1-39(2)19-29-35(31(43)21-39)34(36-30(20-40(3,4)22-32(36)44)42(29)16-15-24-9-7-6-8-10-24)27-17-28(41)37(33(18-27)47-5)48-23-25-11-13-26(14-12-25)38(45)46/h6-14,17-18,34H,15-16,19-23H2,1-5H3,(H,45,46). The molecule has 0 saturated carbocycles. The molecule has 2 aliphatic carbocycles. The highest BCUT2D eigenvalue weighted by atomic mass is 127. The van der Waals surface area contributed by atoms with Crippen molar-refractivity contribution in [2.75, 3.05) is 13.7 Å². The number of carboxylic acid groups (broad SMARTS) is 1. The average molecular weight is 760 g/mol. The molecule has 0 unspecified atom stereocenters. The lowest BCUT2D eigenvalue weighted by Gasteiger charge is -2.49. The number of benzene rings is 3. The minimum absolute atomic E-state index is 0.0965. The summed E-state index contributed by atoms with van der Waals surface area (Å²) in [6.07, 6.45) is 3.15. The predicted molar refractivity (Wildman–Crippen MR) is 193 cm³/mol. The van der Waals surface area contributed by atoms with Gasteiger partial charge in [-0.1, -0.05) is 70.2 Å². The third kappa shape index (κ3) is 6.81. The molecule has 1 N–H and O–H groups in total. The first-order chi connectivity index (χ1) is 22.8. The van der Waals surface area contributed by atoms with Gasteiger partial charge in [-0.05, 0) is 93.6 Å². The average Bonchev–Trinajstić information content (AvgIpc) is 3.02. The van der Waals surface area contributed by atoms with Crippen LogP contribution >= 0.6 is 22.6 Å². The Bertz CT molecular complexity index is 1780. The van der Waals surface area contributed by atoms with E-state index < -0.39 is 11.9 Å². The lowest BCUT2D eigenvalue weighted by Crippen LogP contribution is -2.45. The SMILES string of the molecule is COc1cc(C2C3=C(CC(C)(C)CC3=O)N(CCc3ccccc3)C3=C2C(=O)CC(C)(C)C3)cc(I)c1OCc1ccc(C(=O)O)cc1. The number of ketones is 2. The highest BCUT2D eigenvalue weighted by Crippen LogP contribution is 2.55. The molecule has 0 saturated heterocycles. The Labute approximate surface area is 296 Å². The number of carboxylic acids is 1. The molecule has 0 aromatic heterocycles. The van der Waals surface area contributed by atoms with Gasteiger partial charge < -0.3 is 19.5 Å². The van der Waals surface area contributed by atoms with E-state index in [0.717, 1.165) is 56.5 Å². The van der Waals surface area contributed by atoms with E-state index in [4.69, 9.17) is 9.47 Å². The van der Waals surface area contributed by atoms with Gasteiger partial charge in [-0.15, -0.1) is 0 Å². The Morgan fingerprint density at radius 3 is 1.98 bits per heavy atom. The molecule has 7 nitrogen and oxygen atoms in total. The van der Waals surface area contributed by atoms with Crippen LogP contribution in [-0.2, 0) is 22.6 Å². The molecular weight excluding hydrogens is 717 g/mol. The van der Waals surface area contributed by atoms with Crippen molar-refractivity contribution in [3.05, 3.63) is 115 Å². The summed E-state index contributed by atoms with van der Waals surface area (Å²) in [5.41, 5.74) is 6.25. The van der Waals surface area contributed by atoms with Crippen molar-refractivity contribution in [1.82, 2.24) is 4.90 Å². The zero-order valence-electron chi connectivity index (χ0n) is 28.2. The highest BCUT2D eigenvalue weighted by molar-refractivity contribution is 14.1. The van der Waals surface area contributed by atoms with Gasteiger partial charge >= 0.3 is 5.97 Å². The number of hydrogen-bond acceptors (Lipinski definition) is 6. The maximum atomic E-state index is 14.3. The molecule has 250 valence electrons. The van der Waals surface area contributed by atoms with Crippen LogP contribution in [0.15, 0.2) is 89.3 Å². The largest absolute Gasteiger partial charge is 0.493 e. The Morgan fingerprint density at radius 2 is 1.44 bits per heavy atom. The van der Waals surface area contributed by atoms with Crippen molar-refractivity contribution in [3.8, 4) is 11.5 Å². The molecule has 0 fully saturated rings. The Hall–Kier alpha value is -3.92. The van der Waals surface area contributed by atoms with Gasteiger partial charge in [-0.2, -0.15) is 0 Å². The predicted octanol–water partition coefficient (Wildman–Crippen LogP) is 8.51. The fraction of sp³-hybridized carbons (Fsp3) is 0.375. The van der Waals surface area contributed by atoms with E-state index in [1.807, 2.05) is 18.2 Å². The lowest BCUT2D eigenvalue weighted by atomic mass is 9.63. The molecular formula is C40H42INO6. The van der Waals surface area contributed by atoms with Crippen LogP contribution in [0.3, 0.4) is 0 Å². The van der Waals surface area contributed by atoms with Gasteiger partial charge in [-0.25, -0.2) is 4.79 Å². The molecule has 8 heteroatoms. The molecule has 6 rings (SSSR count). The Morgan fingerprint density at radius 1 is 0.854 bits per heavy atom. The second kappa shape index (κ2) is 13.2. The maximum Gasteiger partial charge on any atom is 0.335 e. The maximum absolute atomic E-state index is 14.3. The molecule has 1 aliphatic heterocycles. The van der Waals surface area contributed by atoms with E-state index in [9.17, 15) is 19.5 Å². The second-order valence-corrected chi connectivity index (χ2v) is 15.9. The molecule has 0 amide bonds. The first-order valence-corrected chi connectivity index (χ1v) is 17.5. The third-order valence-corrected chi connectivity index (χ3v) is 10.5. The fourth-order valence-electron chi connectivity index (χ4n) is 7.48.